The van der Waals surface area contributed by atoms with Crippen LogP contribution >= 0.6 is 0 Å². The van der Waals surface area contributed by atoms with E-state index in [1.54, 1.807) is 0 Å². The van der Waals surface area contributed by atoms with Crippen LogP contribution in [0.15, 0.2) is 42.5 Å². The molecule has 2 aliphatic rings. The van der Waals surface area contributed by atoms with Gasteiger partial charge in [0.05, 0.1) is 0 Å². The Bertz CT molecular complexity index is 736. The molecule has 1 unspecified atom stereocenters. The van der Waals surface area contributed by atoms with Crippen molar-refractivity contribution in [3.63, 3.8) is 0 Å². The molecule has 0 fully saturated rings. The molecule has 0 amide bonds. The summed E-state index contributed by atoms with van der Waals surface area (Å²) in [6, 6.07) is 12.0. The lowest BCUT2D eigenvalue weighted by atomic mass is 9.99. The minimum atomic E-state index is 0.278. The van der Waals surface area contributed by atoms with Gasteiger partial charge >= 0.3 is 0 Å². The highest BCUT2D eigenvalue weighted by molar-refractivity contribution is 5.57. The van der Waals surface area contributed by atoms with Crippen molar-refractivity contribution in [2.75, 3.05) is 13.6 Å². The maximum absolute atomic E-state index is 5.43. The maximum Gasteiger partial charge on any atom is 0.231 e. The molecule has 0 aliphatic carbocycles. The quantitative estimate of drug-likeness (QED) is 0.859. The number of hydrogen-bond donors (Lipinski definition) is 0. The molecule has 1 atom stereocenters. The zero-order valence-corrected chi connectivity index (χ0v) is 12.2. The Labute approximate surface area is 128 Å². The van der Waals surface area contributed by atoms with Crippen molar-refractivity contribution >= 4 is 6.08 Å². The Morgan fingerprint density at radius 3 is 2.23 bits per heavy atom. The predicted molar refractivity (Wildman–Crippen MR) is 82.6 cm³/mol. The fourth-order valence-corrected chi connectivity index (χ4v) is 2.58. The van der Waals surface area contributed by atoms with E-state index in [-0.39, 0.29) is 5.92 Å². The molecule has 2 aromatic carbocycles. The van der Waals surface area contributed by atoms with E-state index in [0.29, 0.717) is 13.6 Å². The Hall–Kier alpha value is -2.62. The van der Waals surface area contributed by atoms with Crippen molar-refractivity contribution in [1.29, 1.82) is 0 Å². The molecule has 4 rings (SSSR count). The van der Waals surface area contributed by atoms with E-state index in [4.69, 9.17) is 18.9 Å². The van der Waals surface area contributed by atoms with Crippen molar-refractivity contribution in [2.45, 2.75) is 12.8 Å². The molecule has 0 N–H and O–H groups in total. The summed E-state index contributed by atoms with van der Waals surface area (Å²) in [6.07, 6.45) is 4.26. The van der Waals surface area contributed by atoms with Crippen molar-refractivity contribution in [2.24, 2.45) is 0 Å². The van der Waals surface area contributed by atoms with Crippen molar-refractivity contribution in [3.8, 4) is 23.0 Å². The van der Waals surface area contributed by atoms with Crippen LogP contribution < -0.4 is 18.9 Å². The van der Waals surface area contributed by atoms with E-state index in [1.807, 2.05) is 30.3 Å². The van der Waals surface area contributed by atoms with Gasteiger partial charge in [0.1, 0.15) is 0 Å². The topological polar surface area (TPSA) is 36.9 Å². The van der Waals surface area contributed by atoms with E-state index in [0.717, 1.165) is 28.6 Å². The number of allylic oxidation sites excluding steroid dienone is 1. The van der Waals surface area contributed by atoms with Gasteiger partial charge in [0.2, 0.25) is 13.6 Å². The third kappa shape index (κ3) is 2.37. The summed E-state index contributed by atoms with van der Waals surface area (Å²) < 4.78 is 21.5. The lowest BCUT2D eigenvalue weighted by molar-refractivity contribution is 0.173. The van der Waals surface area contributed by atoms with Crippen molar-refractivity contribution < 1.29 is 18.9 Å². The molecule has 0 saturated heterocycles. The van der Waals surface area contributed by atoms with Crippen LogP contribution in [0, 0.1) is 0 Å². The summed E-state index contributed by atoms with van der Waals surface area (Å²) in [7, 11) is 0. The second-order valence-electron chi connectivity index (χ2n) is 5.37. The summed E-state index contributed by atoms with van der Waals surface area (Å²) in [5.74, 6) is 3.52. The van der Waals surface area contributed by atoms with Crippen LogP contribution in [-0.2, 0) is 0 Å². The van der Waals surface area contributed by atoms with Gasteiger partial charge in [0, 0.05) is 0 Å². The molecule has 4 heteroatoms. The molecule has 4 nitrogen and oxygen atoms in total. The van der Waals surface area contributed by atoms with Gasteiger partial charge in [-0.2, -0.15) is 0 Å². The molecule has 22 heavy (non-hydrogen) atoms. The van der Waals surface area contributed by atoms with Crippen molar-refractivity contribution in [1.82, 2.24) is 0 Å². The van der Waals surface area contributed by atoms with E-state index >= 15 is 0 Å². The second-order valence-corrected chi connectivity index (χ2v) is 5.37. The monoisotopic (exact) mass is 296 g/mol. The molecule has 2 aromatic rings. The summed E-state index contributed by atoms with van der Waals surface area (Å²) in [6.45, 7) is 2.76. The van der Waals surface area contributed by atoms with Crippen LogP contribution in [0.3, 0.4) is 0 Å². The van der Waals surface area contributed by atoms with Gasteiger partial charge in [-0.1, -0.05) is 31.2 Å². The van der Waals surface area contributed by atoms with Gasteiger partial charge < -0.3 is 18.9 Å². The highest BCUT2D eigenvalue weighted by Crippen LogP contribution is 2.35. The minimum absolute atomic E-state index is 0.278. The molecule has 0 bridgehead atoms. The number of ether oxygens (including phenoxy) is 4. The van der Waals surface area contributed by atoms with Gasteiger partial charge in [-0.05, 0) is 41.3 Å². The van der Waals surface area contributed by atoms with Crippen LogP contribution in [-0.4, -0.2) is 13.6 Å². The Morgan fingerprint density at radius 2 is 1.45 bits per heavy atom. The van der Waals surface area contributed by atoms with E-state index in [1.165, 1.54) is 5.56 Å². The Morgan fingerprint density at radius 1 is 0.818 bits per heavy atom. The number of rotatable bonds is 3. The first-order chi connectivity index (χ1) is 10.8. The average Bonchev–Trinajstić information content (AvgIpc) is 3.19. The first-order valence-electron chi connectivity index (χ1n) is 7.27. The van der Waals surface area contributed by atoms with E-state index in [9.17, 15) is 0 Å². The zero-order chi connectivity index (χ0) is 14.9. The molecular weight excluding hydrogens is 280 g/mol. The van der Waals surface area contributed by atoms with Gasteiger partial charge in [0.15, 0.2) is 23.0 Å². The van der Waals surface area contributed by atoms with Crippen LogP contribution in [0.4, 0.5) is 0 Å². The molecule has 0 aromatic heterocycles. The van der Waals surface area contributed by atoms with Crippen LogP contribution in [0.25, 0.3) is 6.08 Å². The molecule has 112 valence electrons. The third-order valence-corrected chi connectivity index (χ3v) is 3.90. The summed E-state index contributed by atoms with van der Waals surface area (Å²) in [4.78, 5) is 0. The SMILES string of the molecule is CC(/C=C/c1ccc2c(c1)OCO2)c1ccc2c(c1)OCO2. The number of hydrogen-bond acceptors (Lipinski definition) is 4. The fourth-order valence-electron chi connectivity index (χ4n) is 2.58. The molecule has 0 saturated carbocycles. The predicted octanol–water partition coefficient (Wildman–Crippen LogP) is 3.96. The largest absolute Gasteiger partial charge is 0.454 e. The molecule has 2 heterocycles. The average molecular weight is 296 g/mol. The van der Waals surface area contributed by atoms with Crippen LogP contribution in [0.5, 0.6) is 23.0 Å². The van der Waals surface area contributed by atoms with E-state index in [2.05, 4.69) is 25.1 Å². The van der Waals surface area contributed by atoms with Gasteiger partial charge in [-0.15, -0.1) is 0 Å². The standard InChI is InChI=1S/C18H16O4/c1-12(14-5-7-16-18(9-14)22-11-20-16)2-3-13-4-6-15-17(8-13)21-10-19-15/h2-9,12H,10-11H2,1H3/b3-2+. The van der Waals surface area contributed by atoms with Crippen LogP contribution in [0.1, 0.15) is 24.0 Å². The lowest BCUT2D eigenvalue weighted by Crippen LogP contribution is -1.93. The van der Waals surface area contributed by atoms with Gasteiger partial charge in [-0.3, -0.25) is 0 Å². The normalized spacial score (nSPS) is 16.2. The maximum atomic E-state index is 5.43. The summed E-state index contributed by atoms with van der Waals surface area (Å²) in [5, 5.41) is 0. The molecule has 0 spiro atoms. The van der Waals surface area contributed by atoms with Gasteiger partial charge in [0.25, 0.3) is 0 Å². The zero-order valence-electron chi connectivity index (χ0n) is 12.2. The van der Waals surface area contributed by atoms with E-state index < -0.39 is 0 Å². The summed E-state index contributed by atoms with van der Waals surface area (Å²) in [5.41, 5.74) is 2.29. The number of fused-ring (bicyclic) bond motifs is 2. The first kappa shape index (κ1) is 13.1. The van der Waals surface area contributed by atoms with Crippen molar-refractivity contribution in [3.05, 3.63) is 53.6 Å². The highest BCUT2D eigenvalue weighted by Gasteiger charge is 2.15. The summed E-state index contributed by atoms with van der Waals surface area (Å²) >= 11 is 0. The first-order valence-corrected chi connectivity index (χ1v) is 7.27. The highest BCUT2D eigenvalue weighted by atomic mass is 16.7. The van der Waals surface area contributed by atoms with Gasteiger partial charge in [-0.25, -0.2) is 0 Å². The number of benzene rings is 2. The Kier molecular flexibility index (Phi) is 3.15. The Balaban J connectivity index is 1.52. The third-order valence-electron chi connectivity index (χ3n) is 3.90. The molecule has 0 radical (unpaired) electrons. The van der Waals surface area contributed by atoms with Crippen LogP contribution in [0.2, 0.25) is 0 Å². The second kappa shape index (κ2) is 5.30. The molecule has 2 aliphatic heterocycles. The smallest absolute Gasteiger partial charge is 0.231 e. The lowest BCUT2D eigenvalue weighted by Gasteiger charge is -2.08. The minimum Gasteiger partial charge on any atom is -0.454 e. The fraction of sp³-hybridized carbons (Fsp3) is 0.222. The molecular formula is C18H16O4.